The molecular weight excluding hydrogens is 503 g/mol. The summed E-state index contributed by atoms with van der Waals surface area (Å²) in [4.78, 5) is 33.7. The summed E-state index contributed by atoms with van der Waals surface area (Å²) < 4.78 is 7.29. The first-order valence-corrected chi connectivity index (χ1v) is 12.6. The van der Waals surface area contributed by atoms with Crippen LogP contribution in [0.3, 0.4) is 0 Å². The maximum absolute atomic E-state index is 12.8. The van der Waals surface area contributed by atoms with E-state index in [4.69, 9.17) is 27.9 Å². The molecule has 3 aromatic rings. The molecule has 4 rings (SSSR count). The van der Waals surface area contributed by atoms with Gasteiger partial charge in [-0.15, -0.1) is 0 Å². The van der Waals surface area contributed by atoms with Gasteiger partial charge in [0.15, 0.2) is 5.65 Å². The minimum Gasteiger partial charge on any atom is -0.444 e. The van der Waals surface area contributed by atoms with Gasteiger partial charge in [-0.05, 0) is 52.0 Å². The number of anilines is 1. The van der Waals surface area contributed by atoms with Gasteiger partial charge in [-0.25, -0.2) is 14.5 Å². The van der Waals surface area contributed by atoms with Crippen LogP contribution in [-0.4, -0.2) is 74.9 Å². The second kappa shape index (κ2) is 10.6. The van der Waals surface area contributed by atoms with Crippen molar-refractivity contribution in [1.82, 2.24) is 24.6 Å². The lowest BCUT2D eigenvalue weighted by Crippen LogP contribution is -2.50. The van der Waals surface area contributed by atoms with Crippen LogP contribution < -0.4 is 5.32 Å². The molecule has 192 valence electrons. The van der Waals surface area contributed by atoms with Gasteiger partial charge in [-0.3, -0.25) is 9.69 Å². The van der Waals surface area contributed by atoms with Crippen LogP contribution >= 0.6 is 23.2 Å². The number of fused-ring (bicyclic) bond motifs is 1. The number of nitrogens with one attached hydrogen (secondary N) is 1. The van der Waals surface area contributed by atoms with E-state index in [1.165, 1.54) is 6.20 Å². The second-order valence-electron chi connectivity index (χ2n) is 9.76. The standard InChI is InChI=1S/C25H30Cl2N6O3/c1-16-20-21(27)19(23(34)29-18-7-5-17(26)6-8-18)15-28-22(20)33(30-16)14-11-31-9-12-32(13-10-31)24(35)36-25(2,3)4/h5-8,15H,9-14H2,1-4H3,(H,29,34). The van der Waals surface area contributed by atoms with Gasteiger partial charge < -0.3 is 15.0 Å². The fraction of sp³-hybridized carbons (Fsp3) is 0.440. The van der Waals surface area contributed by atoms with E-state index in [0.717, 1.165) is 19.6 Å². The third-order valence-corrected chi connectivity index (χ3v) is 6.52. The smallest absolute Gasteiger partial charge is 0.410 e. The monoisotopic (exact) mass is 532 g/mol. The Morgan fingerprint density at radius 1 is 1.06 bits per heavy atom. The van der Waals surface area contributed by atoms with Crippen LogP contribution in [0.15, 0.2) is 30.5 Å². The number of hydrogen-bond acceptors (Lipinski definition) is 6. The molecule has 36 heavy (non-hydrogen) atoms. The number of halogens is 2. The van der Waals surface area contributed by atoms with Crippen molar-refractivity contribution in [3.05, 3.63) is 51.8 Å². The molecule has 11 heteroatoms. The maximum Gasteiger partial charge on any atom is 0.410 e. The van der Waals surface area contributed by atoms with Gasteiger partial charge in [0.1, 0.15) is 5.60 Å². The van der Waals surface area contributed by atoms with Crippen LogP contribution in [0.2, 0.25) is 10.0 Å². The van der Waals surface area contributed by atoms with Crippen molar-refractivity contribution >= 4 is 51.9 Å². The van der Waals surface area contributed by atoms with Gasteiger partial charge >= 0.3 is 6.09 Å². The Kier molecular flexibility index (Phi) is 7.73. The molecule has 0 radical (unpaired) electrons. The van der Waals surface area contributed by atoms with Crippen molar-refractivity contribution in [3.8, 4) is 0 Å². The maximum atomic E-state index is 12.8. The summed E-state index contributed by atoms with van der Waals surface area (Å²) in [6.45, 7) is 11.5. The van der Waals surface area contributed by atoms with E-state index >= 15 is 0 Å². The molecule has 2 aromatic heterocycles. The van der Waals surface area contributed by atoms with Gasteiger partial charge in [-0.1, -0.05) is 23.2 Å². The molecule has 0 aliphatic carbocycles. The minimum absolute atomic E-state index is 0.273. The fourth-order valence-electron chi connectivity index (χ4n) is 4.04. The van der Waals surface area contributed by atoms with Gasteiger partial charge in [0.05, 0.1) is 28.2 Å². The number of aryl methyl sites for hydroxylation is 1. The van der Waals surface area contributed by atoms with Crippen molar-refractivity contribution in [1.29, 1.82) is 0 Å². The number of pyridine rings is 1. The lowest BCUT2D eigenvalue weighted by Gasteiger charge is -2.35. The predicted octanol–water partition coefficient (Wildman–Crippen LogP) is 4.85. The van der Waals surface area contributed by atoms with Crippen molar-refractivity contribution in [3.63, 3.8) is 0 Å². The summed E-state index contributed by atoms with van der Waals surface area (Å²) in [7, 11) is 0. The van der Waals surface area contributed by atoms with Crippen molar-refractivity contribution in [2.24, 2.45) is 0 Å². The highest BCUT2D eigenvalue weighted by molar-refractivity contribution is 6.39. The average Bonchev–Trinajstić information content (AvgIpc) is 3.14. The van der Waals surface area contributed by atoms with Crippen LogP contribution in [-0.2, 0) is 11.3 Å². The SMILES string of the molecule is Cc1nn(CCN2CCN(C(=O)OC(C)(C)C)CC2)c2ncc(C(=O)Nc3ccc(Cl)cc3)c(Cl)c12. The lowest BCUT2D eigenvalue weighted by molar-refractivity contribution is 0.0142. The third kappa shape index (κ3) is 6.08. The number of nitrogens with zero attached hydrogens (tertiary/aromatic N) is 5. The van der Waals surface area contributed by atoms with E-state index in [-0.39, 0.29) is 17.6 Å². The number of piperazine rings is 1. The number of aromatic nitrogens is 3. The van der Waals surface area contributed by atoms with Crippen molar-refractivity contribution in [2.45, 2.75) is 39.8 Å². The zero-order valence-corrected chi connectivity index (χ0v) is 22.4. The summed E-state index contributed by atoms with van der Waals surface area (Å²) in [5.74, 6) is -0.355. The van der Waals surface area contributed by atoms with Crippen LogP contribution in [0.1, 0.15) is 36.8 Å². The highest BCUT2D eigenvalue weighted by Gasteiger charge is 2.26. The number of rotatable bonds is 5. The quantitative estimate of drug-likeness (QED) is 0.504. The number of amides is 2. The highest BCUT2D eigenvalue weighted by atomic mass is 35.5. The first kappa shape index (κ1) is 26.2. The molecule has 0 atom stereocenters. The molecule has 1 aliphatic rings. The van der Waals surface area contributed by atoms with Crippen molar-refractivity contribution < 1.29 is 14.3 Å². The Bertz CT molecular complexity index is 1260. The molecule has 0 saturated carbocycles. The van der Waals surface area contributed by atoms with Crippen molar-refractivity contribution in [2.75, 3.05) is 38.0 Å². The predicted molar refractivity (Wildman–Crippen MR) is 141 cm³/mol. The first-order chi connectivity index (χ1) is 17.0. The normalized spacial score (nSPS) is 14.8. The molecule has 9 nitrogen and oxygen atoms in total. The first-order valence-electron chi connectivity index (χ1n) is 11.8. The molecule has 3 heterocycles. The van der Waals surface area contributed by atoms with Gasteiger partial charge in [0.2, 0.25) is 0 Å². The van der Waals surface area contributed by atoms with E-state index in [1.54, 1.807) is 29.2 Å². The van der Waals surface area contributed by atoms with Gasteiger partial charge in [0, 0.05) is 49.6 Å². The Hall–Kier alpha value is -2.88. The summed E-state index contributed by atoms with van der Waals surface area (Å²) in [5.41, 5.74) is 1.73. The fourth-order valence-corrected chi connectivity index (χ4v) is 4.52. The number of benzene rings is 1. The van der Waals surface area contributed by atoms with Crippen LogP contribution in [0.25, 0.3) is 11.0 Å². The highest BCUT2D eigenvalue weighted by Crippen LogP contribution is 2.29. The lowest BCUT2D eigenvalue weighted by atomic mass is 10.2. The number of carbonyl (C=O) groups excluding carboxylic acids is 2. The van der Waals surface area contributed by atoms with E-state index < -0.39 is 5.60 Å². The van der Waals surface area contributed by atoms with Gasteiger partial charge in [-0.2, -0.15) is 5.10 Å². The van der Waals surface area contributed by atoms with Crippen LogP contribution in [0.4, 0.5) is 10.5 Å². The largest absolute Gasteiger partial charge is 0.444 e. The molecule has 0 unspecified atom stereocenters. The zero-order valence-electron chi connectivity index (χ0n) is 20.8. The Labute approximate surface area is 220 Å². The summed E-state index contributed by atoms with van der Waals surface area (Å²) in [6.07, 6.45) is 1.21. The Morgan fingerprint density at radius 3 is 2.36 bits per heavy atom. The minimum atomic E-state index is -0.502. The number of ether oxygens (including phenoxy) is 1. The Morgan fingerprint density at radius 2 is 1.72 bits per heavy atom. The van der Waals surface area contributed by atoms with Gasteiger partial charge in [0.25, 0.3) is 5.91 Å². The third-order valence-electron chi connectivity index (χ3n) is 5.87. The van der Waals surface area contributed by atoms with E-state index in [0.29, 0.717) is 52.1 Å². The van der Waals surface area contributed by atoms with E-state index in [1.807, 2.05) is 32.4 Å². The average molecular weight is 533 g/mol. The number of carbonyl (C=O) groups is 2. The topological polar surface area (TPSA) is 92.6 Å². The molecular formula is C25H30Cl2N6O3. The molecule has 1 aromatic carbocycles. The van der Waals surface area contributed by atoms with Crippen LogP contribution in [0.5, 0.6) is 0 Å². The summed E-state index contributed by atoms with van der Waals surface area (Å²) in [6, 6.07) is 6.84. The molecule has 1 fully saturated rings. The summed E-state index contributed by atoms with van der Waals surface area (Å²) in [5, 5.41) is 9.01. The number of hydrogen-bond donors (Lipinski definition) is 1. The van der Waals surface area contributed by atoms with Crippen LogP contribution in [0, 0.1) is 6.92 Å². The molecule has 0 bridgehead atoms. The molecule has 0 spiro atoms. The molecule has 1 saturated heterocycles. The molecule has 1 N–H and O–H groups in total. The van der Waals surface area contributed by atoms with E-state index in [2.05, 4.69) is 20.3 Å². The Balaban J connectivity index is 1.40. The molecule has 1 aliphatic heterocycles. The second-order valence-corrected chi connectivity index (χ2v) is 10.6. The zero-order chi connectivity index (χ0) is 26.0. The van der Waals surface area contributed by atoms with E-state index in [9.17, 15) is 9.59 Å². The molecule has 2 amide bonds. The summed E-state index contributed by atoms with van der Waals surface area (Å²) >= 11 is 12.6.